The second kappa shape index (κ2) is 10.6. The number of fused-ring (bicyclic) bond motifs is 1. The van der Waals surface area contributed by atoms with Gasteiger partial charge in [0.05, 0.1) is 18.4 Å². The lowest BCUT2D eigenvalue weighted by atomic mass is 9.94. The average Bonchev–Trinajstić information content (AvgIpc) is 3.15. The van der Waals surface area contributed by atoms with Crippen molar-refractivity contribution in [1.82, 2.24) is 0 Å². The van der Waals surface area contributed by atoms with Crippen molar-refractivity contribution in [2.75, 3.05) is 7.11 Å². The van der Waals surface area contributed by atoms with Crippen molar-refractivity contribution in [2.45, 2.75) is 58.5 Å². The van der Waals surface area contributed by atoms with Crippen LogP contribution in [-0.2, 0) is 28.5 Å². The monoisotopic (exact) mass is 491 g/mol. The molecule has 1 N–H and O–H groups in total. The van der Waals surface area contributed by atoms with Crippen LogP contribution in [0, 0.1) is 6.92 Å². The zero-order valence-electron chi connectivity index (χ0n) is 19.6. The number of halogens is 3. The summed E-state index contributed by atoms with van der Waals surface area (Å²) in [4.78, 5) is 12.4. The molecule has 0 bridgehead atoms. The third-order valence-corrected chi connectivity index (χ3v) is 7.15. The van der Waals surface area contributed by atoms with Gasteiger partial charge >= 0.3 is 12.1 Å². The van der Waals surface area contributed by atoms with Crippen molar-refractivity contribution < 1.29 is 27.9 Å². The number of thiophene rings is 1. The van der Waals surface area contributed by atoms with Gasteiger partial charge in [-0.2, -0.15) is 13.2 Å². The van der Waals surface area contributed by atoms with Crippen LogP contribution in [0.15, 0.2) is 41.6 Å². The molecule has 0 aliphatic rings. The highest BCUT2D eigenvalue weighted by Crippen LogP contribution is 2.40. The lowest BCUT2D eigenvalue weighted by molar-refractivity contribution is -0.140. The fourth-order valence-electron chi connectivity index (χ4n) is 4.14. The van der Waals surface area contributed by atoms with Crippen molar-refractivity contribution >= 4 is 33.1 Å². The summed E-state index contributed by atoms with van der Waals surface area (Å²) >= 11 is 1.37. The van der Waals surface area contributed by atoms with Crippen LogP contribution >= 0.6 is 11.3 Å². The maximum absolute atomic E-state index is 13.2. The van der Waals surface area contributed by atoms with Gasteiger partial charge in [-0.25, -0.2) is 0 Å². The van der Waals surface area contributed by atoms with Crippen LogP contribution in [0.25, 0.3) is 10.1 Å². The van der Waals surface area contributed by atoms with E-state index in [1.54, 1.807) is 6.07 Å². The first kappa shape index (κ1) is 25.7. The van der Waals surface area contributed by atoms with Crippen LogP contribution < -0.4 is 0 Å². The molecule has 0 aliphatic carbocycles. The average molecular weight is 492 g/mol. The molecule has 0 aliphatic heterocycles. The molecule has 0 fully saturated rings. The summed E-state index contributed by atoms with van der Waals surface area (Å²) < 4.78 is 44.8. The first-order valence-electron chi connectivity index (χ1n) is 11.0. The maximum atomic E-state index is 13.2. The molecule has 3 aromatic rings. The topological polar surface area (TPSA) is 58.9 Å². The van der Waals surface area contributed by atoms with Gasteiger partial charge in [0.2, 0.25) is 0 Å². The molecular formula is C26H28F3NO3S. The fourth-order valence-corrected chi connectivity index (χ4v) is 5.54. The van der Waals surface area contributed by atoms with E-state index in [0.29, 0.717) is 29.7 Å². The lowest BCUT2D eigenvalue weighted by Gasteiger charge is -2.11. The van der Waals surface area contributed by atoms with Crippen molar-refractivity contribution in [3.8, 4) is 0 Å². The molecule has 0 saturated carbocycles. The largest absolute Gasteiger partial charge is 0.469 e. The van der Waals surface area contributed by atoms with E-state index >= 15 is 0 Å². The summed E-state index contributed by atoms with van der Waals surface area (Å²) in [6, 6.07) is 9.61. The first-order valence-corrected chi connectivity index (χ1v) is 11.9. The Kier molecular flexibility index (Phi) is 8.02. The molecule has 0 amide bonds. The SMILES string of the molecule is COC(=O)CCc1ccc(C(CCc2sc3cc(C(F)(F)F)ccc3c2C(C)C)=NO)cc1C. The van der Waals surface area contributed by atoms with E-state index in [-0.39, 0.29) is 18.3 Å². The van der Waals surface area contributed by atoms with E-state index in [1.165, 1.54) is 24.5 Å². The second-order valence-corrected chi connectivity index (χ2v) is 9.70. The number of hydrogen-bond acceptors (Lipinski definition) is 5. The summed E-state index contributed by atoms with van der Waals surface area (Å²) in [6.45, 7) is 5.99. The molecular weight excluding hydrogens is 463 g/mol. The van der Waals surface area contributed by atoms with E-state index in [0.717, 1.165) is 38.6 Å². The van der Waals surface area contributed by atoms with Gasteiger partial charge in [-0.1, -0.05) is 37.2 Å². The Morgan fingerprint density at radius 2 is 1.85 bits per heavy atom. The third-order valence-electron chi connectivity index (χ3n) is 5.92. The quantitative estimate of drug-likeness (QED) is 0.156. The van der Waals surface area contributed by atoms with Gasteiger partial charge in [0, 0.05) is 16.0 Å². The van der Waals surface area contributed by atoms with Crippen LogP contribution in [0.3, 0.4) is 0 Å². The summed E-state index contributed by atoms with van der Waals surface area (Å²) in [5, 5.41) is 14.0. The van der Waals surface area contributed by atoms with Gasteiger partial charge in [-0.3, -0.25) is 4.79 Å². The number of ether oxygens (including phenoxy) is 1. The van der Waals surface area contributed by atoms with Crippen LogP contribution in [0.5, 0.6) is 0 Å². The predicted molar refractivity (Wildman–Crippen MR) is 129 cm³/mol. The molecule has 182 valence electrons. The van der Waals surface area contributed by atoms with Gasteiger partial charge in [0.1, 0.15) is 0 Å². The predicted octanol–water partition coefficient (Wildman–Crippen LogP) is 7.27. The molecule has 34 heavy (non-hydrogen) atoms. The number of rotatable bonds is 8. The normalized spacial score (nSPS) is 12.5. The summed E-state index contributed by atoms with van der Waals surface area (Å²) in [7, 11) is 1.36. The fraction of sp³-hybridized carbons (Fsp3) is 0.385. The van der Waals surface area contributed by atoms with Gasteiger partial charge in [-0.05, 0) is 77.9 Å². The minimum Gasteiger partial charge on any atom is -0.469 e. The molecule has 8 heteroatoms. The minimum absolute atomic E-state index is 0.145. The standard InChI is InChI=1S/C26H28F3NO3S/c1-15(2)25-20-9-8-19(26(27,28)29)14-23(20)34-22(25)11-10-21(30-32)18-6-5-17(16(3)13-18)7-12-24(31)33-4/h5-6,8-9,13-15,32H,7,10-12H2,1-4H3. The van der Waals surface area contributed by atoms with Crippen LogP contribution in [0.2, 0.25) is 0 Å². The first-order chi connectivity index (χ1) is 16.0. The Morgan fingerprint density at radius 1 is 1.12 bits per heavy atom. The Labute approximate surface area is 201 Å². The van der Waals surface area contributed by atoms with E-state index in [9.17, 15) is 23.2 Å². The highest BCUT2D eigenvalue weighted by atomic mass is 32.1. The Morgan fingerprint density at radius 3 is 2.44 bits per heavy atom. The molecule has 4 nitrogen and oxygen atoms in total. The molecule has 0 unspecified atom stereocenters. The number of methoxy groups -OCH3 is 1. The van der Waals surface area contributed by atoms with Gasteiger partial charge < -0.3 is 9.94 Å². The smallest absolute Gasteiger partial charge is 0.416 e. The summed E-state index contributed by atoms with van der Waals surface area (Å²) in [6.07, 6.45) is -2.54. The molecule has 0 radical (unpaired) electrons. The zero-order chi connectivity index (χ0) is 25.0. The number of aryl methyl sites for hydroxylation is 3. The maximum Gasteiger partial charge on any atom is 0.416 e. The van der Waals surface area contributed by atoms with Gasteiger partial charge in [0.25, 0.3) is 0 Å². The molecule has 0 saturated heterocycles. The minimum atomic E-state index is -4.38. The van der Waals surface area contributed by atoms with Gasteiger partial charge in [0.15, 0.2) is 0 Å². The number of hydrogen-bond donors (Lipinski definition) is 1. The molecule has 2 aromatic carbocycles. The van der Waals surface area contributed by atoms with Crippen molar-refractivity contribution in [3.05, 3.63) is 69.1 Å². The number of alkyl halides is 3. The number of nitrogens with zero attached hydrogens (tertiary/aromatic N) is 1. The van der Waals surface area contributed by atoms with Crippen molar-refractivity contribution in [3.63, 3.8) is 0 Å². The van der Waals surface area contributed by atoms with E-state index in [4.69, 9.17) is 4.74 Å². The number of esters is 1. The number of carbonyl (C=O) groups excluding carboxylic acids is 1. The third kappa shape index (κ3) is 5.78. The summed E-state index contributed by atoms with van der Waals surface area (Å²) in [5.74, 6) is -0.126. The van der Waals surface area contributed by atoms with Crippen molar-refractivity contribution in [1.29, 1.82) is 0 Å². The zero-order valence-corrected chi connectivity index (χ0v) is 20.4. The highest BCUT2D eigenvalue weighted by molar-refractivity contribution is 7.19. The van der Waals surface area contributed by atoms with E-state index in [1.807, 2.05) is 39.0 Å². The number of carbonyl (C=O) groups is 1. The number of oxime groups is 1. The molecule has 1 heterocycles. The van der Waals surface area contributed by atoms with Crippen LogP contribution in [0.4, 0.5) is 13.2 Å². The van der Waals surface area contributed by atoms with E-state index in [2.05, 4.69) is 5.16 Å². The van der Waals surface area contributed by atoms with Crippen molar-refractivity contribution in [2.24, 2.45) is 5.16 Å². The lowest BCUT2D eigenvalue weighted by Crippen LogP contribution is -2.06. The molecule has 0 spiro atoms. The van der Waals surface area contributed by atoms with E-state index < -0.39 is 11.7 Å². The van der Waals surface area contributed by atoms with Gasteiger partial charge in [-0.15, -0.1) is 11.3 Å². The van der Waals surface area contributed by atoms with Crippen LogP contribution in [-0.4, -0.2) is 24.0 Å². The Hall–Kier alpha value is -2.87. The number of benzene rings is 2. The Bertz CT molecular complexity index is 1210. The molecule has 0 atom stereocenters. The summed E-state index contributed by atoms with van der Waals surface area (Å²) in [5.41, 5.74) is 3.66. The molecule has 3 rings (SSSR count). The van der Waals surface area contributed by atoms with Crippen LogP contribution in [0.1, 0.15) is 65.3 Å². The second-order valence-electron chi connectivity index (χ2n) is 8.57. The Balaban J connectivity index is 1.83. The molecule has 1 aromatic heterocycles. The highest BCUT2D eigenvalue weighted by Gasteiger charge is 2.31.